The molecule has 152 valence electrons. The zero-order chi connectivity index (χ0) is 19.9. The molecule has 0 spiro atoms. The first-order valence-electron chi connectivity index (χ1n) is 10.1. The van der Waals surface area contributed by atoms with Crippen molar-refractivity contribution < 1.29 is 8.81 Å². The van der Waals surface area contributed by atoms with Crippen molar-refractivity contribution in [3.63, 3.8) is 0 Å². The van der Waals surface area contributed by atoms with Gasteiger partial charge in [-0.1, -0.05) is 19.3 Å². The summed E-state index contributed by atoms with van der Waals surface area (Å²) in [5, 5.41) is 13.2. The monoisotopic (exact) mass is 450 g/mol. The Labute approximate surface area is 174 Å². The van der Waals surface area contributed by atoms with Gasteiger partial charge in [0.05, 0.1) is 17.3 Å². The summed E-state index contributed by atoms with van der Waals surface area (Å²) >= 11 is 3.56. The van der Waals surface area contributed by atoms with E-state index in [1.54, 1.807) is 12.3 Å². The van der Waals surface area contributed by atoms with Gasteiger partial charge in [0.2, 0.25) is 5.76 Å². The van der Waals surface area contributed by atoms with Crippen molar-refractivity contribution in [3.8, 4) is 6.07 Å². The Bertz CT molecular complexity index is 813. The molecule has 0 aromatic carbocycles. The number of furan rings is 1. The molecule has 2 fully saturated rings. The lowest BCUT2D eigenvalue weighted by atomic mass is 9.95. The normalized spacial score (nSPS) is 21.0. The van der Waals surface area contributed by atoms with E-state index in [2.05, 4.69) is 38.2 Å². The van der Waals surface area contributed by atoms with Crippen LogP contribution in [-0.4, -0.2) is 42.7 Å². The number of pyridine rings is 1. The summed E-state index contributed by atoms with van der Waals surface area (Å²) in [7, 11) is 2.06. The predicted molar refractivity (Wildman–Crippen MR) is 113 cm³/mol. The number of anilines is 1. The minimum atomic E-state index is -0.135. The molecule has 4 rings (SSSR count). The van der Waals surface area contributed by atoms with Crippen LogP contribution in [0, 0.1) is 17.2 Å². The van der Waals surface area contributed by atoms with E-state index in [-0.39, 0.29) is 6.67 Å². The first kappa shape index (κ1) is 21.1. The highest BCUT2D eigenvalue weighted by Crippen LogP contribution is 2.33. The molecule has 1 unspecified atom stereocenters. The van der Waals surface area contributed by atoms with Crippen LogP contribution >= 0.6 is 15.9 Å². The van der Waals surface area contributed by atoms with Crippen molar-refractivity contribution in [2.45, 2.75) is 51.0 Å². The fourth-order valence-corrected chi connectivity index (χ4v) is 4.50. The largest absolute Gasteiger partial charge is 0.444 e. The van der Waals surface area contributed by atoms with Crippen LogP contribution < -0.4 is 5.32 Å². The van der Waals surface area contributed by atoms with Gasteiger partial charge in [-0.25, -0.2) is 4.98 Å². The maximum absolute atomic E-state index is 12.0. The number of halogens is 2. The maximum atomic E-state index is 12.0. The third kappa shape index (κ3) is 5.45. The number of aromatic nitrogens is 1. The number of fused-ring (bicyclic) bond motifs is 1. The third-order valence-corrected chi connectivity index (χ3v) is 6.32. The van der Waals surface area contributed by atoms with E-state index < -0.39 is 0 Å². The fourth-order valence-electron chi connectivity index (χ4n) is 3.98. The molecule has 0 bridgehead atoms. The number of rotatable bonds is 3. The molecule has 0 radical (unpaired) electrons. The zero-order valence-electron chi connectivity index (χ0n) is 16.4. The van der Waals surface area contributed by atoms with Crippen LogP contribution in [0.25, 0.3) is 11.0 Å². The number of nitrogens with zero attached hydrogens (tertiary/aromatic N) is 3. The van der Waals surface area contributed by atoms with Crippen LogP contribution in [-0.2, 0) is 0 Å². The van der Waals surface area contributed by atoms with Gasteiger partial charge in [-0.3, -0.25) is 4.39 Å². The Kier molecular flexibility index (Phi) is 7.69. The molecule has 3 heterocycles. The average Bonchev–Trinajstić information content (AvgIpc) is 3.16. The number of nitriles is 1. The van der Waals surface area contributed by atoms with E-state index in [1.165, 1.54) is 38.5 Å². The Morgan fingerprint density at radius 3 is 2.75 bits per heavy atom. The van der Waals surface area contributed by atoms with Crippen LogP contribution in [0.1, 0.15) is 50.7 Å². The van der Waals surface area contributed by atoms with Gasteiger partial charge < -0.3 is 14.6 Å². The Morgan fingerprint density at radius 2 is 2.11 bits per heavy atom. The average molecular weight is 451 g/mol. The number of likely N-dealkylation sites (tertiary alicyclic amines) is 1. The van der Waals surface area contributed by atoms with Gasteiger partial charge in [-0.15, -0.1) is 0 Å². The molecule has 1 saturated heterocycles. The van der Waals surface area contributed by atoms with E-state index in [4.69, 9.17) is 9.68 Å². The highest BCUT2D eigenvalue weighted by Gasteiger charge is 2.17. The standard InChI is InChI=1S/C14H14BrN3O.C7H14FN/c15-13-11-6-10(7-16)19-12(11)8-17-14(13)18-9-4-2-1-3-5-9;1-9-4-2-3-7(5-8)6-9/h6,8-9H,1-5H2,(H,17,18);7H,2-6H2,1H3. The van der Waals surface area contributed by atoms with Gasteiger partial charge in [0.1, 0.15) is 11.9 Å². The van der Waals surface area contributed by atoms with E-state index >= 15 is 0 Å². The lowest BCUT2D eigenvalue weighted by Crippen LogP contribution is -2.32. The molecular formula is C21H28BrFN4O. The molecule has 1 aliphatic heterocycles. The first-order valence-corrected chi connectivity index (χ1v) is 10.9. The van der Waals surface area contributed by atoms with Crippen molar-refractivity contribution in [3.05, 3.63) is 22.5 Å². The van der Waals surface area contributed by atoms with Crippen molar-refractivity contribution in [2.75, 3.05) is 32.1 Å². The number of hydrogen-bond acceptors (Lipinski definition) is 5. The van der Waals surface area contributed by atoms with Crippen molar-refractivity contribution in [1.82, 2.24) is 9.88 Å². The summed E-state index contributed by atoms with van der Waals surface area (Å²) in [5.74, 6) is 1.47. The van der Waals surface area contributed by atoms with Crippen LogP contribution in [0.3, 0.4) is 0 Å². The molecule has 1 N–H and O–H groups in total. The molecule has 2 aromatic rings. The van der Waals surface area contributed by atoms with Gasteiger partial charge >= 0.3 is 0 Å². The minimum Gasteiger partial charge on any atom is -0.444 e. The predicted octanol–water partition coefficient (Wildman–Crippen LogP) is 5.50. The summed E-state index contributed by atoms with van der Waals surface area (Å²) in [6.45, 7) is 1.97. The van der Waals surface area contributed by atoms with Gasteiger partial charge in [0.25, 0.3) is 0 Å². The summed E-state index contributed by atoms with van der Waals surface area (Å²) < 4.78 is 18.3. The summed E-state index contributed by atoms with van der Waals surface area (Å²) in [6.07, 6.45) is 10.2. The molecule has 28 heavy (non-hydrogen) atoms. The quantitative estimate of drug-likeness (QED) is 0.667. The van der Waals surface area contributed by atoms with E-state index in [0.717, 1.165) is 35.2 Å². The van der Waals surface area contributed by atoms with Gasteiger partial charge in [-0.05, 0) is 55.2 Å². The number of piperidine rings is 1. The van der Waals surface area contributed by atoms with Gasteiger partial charge in [-0.2, -0.15) is 5.26 Å². The Morgan fingerprint density at radius 1 is 1.32 bits per heavy atom. The Balaban J connectivity index is 0.000000211. The smallest absolute Gasteiger partial charge is 0.204 e. The lowest BCUT2D eigenvalue weighted by Gasteiger charge is -2.27. The molecule has 5 nitrogen and oxygen atoms in total. The zero-order valence-corrected chi connectivity index (χ0v) is 18.0. The third-order valence-electron chi connectivity index (χ3n) is 5.51. The number of nitrogens with one attached hydrogen (secondary N) is 1. The van der Waals surface area contributed by atoms with Crippen LogP contribution in [0.4, 0.5) is 10.2 Å². The van der Waals surface area contributed by atoms with Crippen molar-refractivity contribution in [1.29, 1.82) is 5.26 Å². The Hall–Kier alpha value is -1.65. The van der Waals surface area contributed by atoms with Gasteiger partial charge in [0.15, 0.2) is 5.58 Å². The fraction of sp³-hybridized carbons (Fsp3) is 0.619. The highest BCUT2D eigenvalue weighted by atomic mass is 79.9. The molecule has 7 heteroatoms. The number of hydrogen-bond donors (Lipinski definition) is 1. The molecule has 2 aliphatic rings. The molecular weight excluding hydrogens is 423 g/mol. The summed E-state index contributed by atoms with van der Waals surface area (Å²) in [4.78, 5) is 6.59. The first-order chi connectivity index (χ1) is 13.6. The minimum absolute atomic E-state index is 0.135. The van der Waals surface area contributed by atoms with Gasteiger partial charge in [0, 0.05) is 30.0 Å². The molecule has 1 aliphatic carbocycles. The second-order valence-electron chi connectivity index (χ2n) is 7.83. The van der Waals surface area contributed by atoms with Crippen LogP contribution in [0.2, 0.25) is 0 Å². The maximum Gasteiger partial charge on any atom is 0.204 e. The van der Waals surface area contributed by atoms with E-state index in [1.807, 2.05) is 6.07 Å². The summed E-state index contributed by atoms with van der Waals surface area (Å²) in [5.41, 5.74) is 0.637. The second kappa shape index (κ2) is 10.2. The van der Waals surface area contributed by atoms with Crippen LogP contribution in [0.5, 0.6) is 0 Å². The van der Waals surface area contributed by atoms with Crippen LogP contribution in [0.15, 0.2) is 21.2 Å². The highest BCUT2D eigenvalue weighted by molar-refractivity contribution is 9.10. The SMILES string of the molecule is CN1CCCC(CF)C1.N#Cc1cc2c(Br)c(NC3CCCCC3)ncc2o1. The topological polar surface area (TPSA) is 65.1 Å². The molecule has 1 saturated carbocycles. The van der Waals surface area contributed by atoms with E-state index in [0.29, 0.717) is 23.3 Å². The molecule has 2 aromatic heterocycles. The number of alkyl halides is 1. The summed E-state index contributed by atoms with van der Waals surface area (Å²) in [6, 6.07) is 4.25. The molecule has 1 atom stereocenters. The van der Waals surface area contributed by atoms with E-state index in [9.17, 15) is 4.39 Å². The molecule has 0 amide bonds. The lowest BCUT2D eigenvalue weighted by molar-refractivity contribution is 0.182. The van der Waals surface area contributed by atoms with Crippen molar-refractivity contribution in [2.24, 2.45) is 5.92 Å². The second-order valence-corrected chi connectivity index (χ2v) is 8.62. The van der Waals surface area contributed by atoms with Crippen molar-refractivity contribution >= 4 is 32.7 Å².